The Morgan fingerprint density at radius 1 is 1.10 bits per heavy atom. The molecule has 29 heavy (non-hydrogen) atoms. The minimum atomic E-state index is -0.219. The van der Waals surface area contributed by atoms with Gasteiger partial charge in [-0.05, 0) is 39.8 Å². The van der Waals surface area contributed by atoms with Crippen LogP contribution in [-0.4, -0.2) is 74.2 Å². The molecule has 2 N–H and O–H groups in total. The van der Waals surface area contributed by atoms with E-state index in [1.54, 1.807) is 0 Å². The number of rotatable bonds is 7. The van der Waals surface area contributed by atoms with Crippen LogP contribution in [0.25, 0.3) is 0 Å². The number of hydrogen-bond donors (Lipinski definition) is 2. The number of para-hydroxylation sites is 1. The first kappa shape index (κ1) is 23.5. The van der Waals surface area contributed by atoms with E-state index in [9.17, 15) is 0 Å². The fraction of sp³-hybridized carbons (Fsp3) is 0.696. The first-order chi connectivity index (χ1) is 13.7. The van der Waals surface area contributed by atoms with Gasteiger partial charge in [-0.15, -0.1) is 0 Å². The third kappa shape index (κ3) is 7.86. The number of guanidine groups is 1. The minimum Gasteiger partial charge on any atom is -0.488 e. The van der Waals surface area contributed by atoms with Crippen LogP contribution in [0.4, 0.5) is 0 Å². The van der Waals surface area contributed by atoms with Gasteiger partial charge in [-0.25, -0.2) is 0 Å². The van der Waals surface area contributed by atoms with Crippen molar-refractivity contribution in [2.45, 2.75) is 52.8 Å². The van der Waals surface area contributed by atoms with E-state index < -0.39 is 0 Å². The molecule has 1 aromatic rings. The maximum Gasteiger partial charge on any atom is 0.191 e. The third-order valence-corrected chi connectivity index (χ3v) is 5.31. The summed E-state index contributed by atoms with van der Waals surface area (Å²) >= 11 is 0. The molecule has 0 aromatic heterocycles. The molecule has 1 aliphatic heterocycles. The SMILES string of the molecule is CN=C(NCc1ccccc1OC(C)(C)C)NCC(C(C)C)N1CCN(C)CC1. The van der Waals surface area contributed by atoms with Crippen molar-refractivity contribution in [1.82, 2.24) is 20.4 Å². The lowest BCUT2D eigenvalue weighted by Crippen LogP contribution is -2.55. The van der Waals surface area contributed by atoms with Gasteiger partial charge in [0.15, 0.2) is 5.96 Å². The Morgan fingerprint density at radius 2 is 1.76 bits per heavy atom. The Kier molecular flexibility index (Phi) is 8.78. The van der Waals surface area contributed by atoms with Crippen LogP contribution in [0, 0.1) is 5.92 Å². The third-order valence-electron chi connectivity index (χ3n) is 5.31. The number of benzene rings is 1. The molecule has 0 radical (unpaired) electrons. The number of ether oxygens (including phenoxy) is 1. The number of aliphatic imine (C=N–C) groups is 1. The van der Waals surface area contributed by atoms with E-state index in [1.165, 1.54) is 0 Å². The van der Waals surface area contributed by atoms with Crippen LogP contribution in [-0.2, 0) is 6.54 Å². The van der Waals surface area contributed by atoms with Crippen molar-refractivity contribution in [2.75, 3.05) is 46.8 Å². The Bertz CT molecular complexity index is 645. The van der Waals surface area contributed by atoms with Gasteiger partial charge in [-0.1, -0.05) is 32.0 Å². The van der Waals surface area contributed by atoms with E-state index in [0.29, 0.717) is 18.5 Å². The van der Waals surface area contributed by atoms with Gasteiger partial charge in [-0.2, -0.15) is 0 Å². The predicted molar refractivity (Wildman–Crippen MR) is 123 cm³/mol. The summed E-state index contributed by atoms with van der Waals surface area (Å²) in [4.78, 5) is 9.43. The van der Waals surface area contributed by atoms with Crippen molar-refractivity contribution in [3.05, 3.63) is 29.8 Å². The molecule has 1 fully saturated rings. The number of nitrogens with one attached hydrogen (secondary N) is 2. The van der Waals surface area contributed by atoms with Crippen molar-refractivity contribution < 1.29 is 4.74 Å². The summed E-state index contributed by atoms with van der Waals surface area (Å²) in [6, 6.07) is 8.69. The molecule has 1 aromatic carbocycles. The fourth-order valence-electron chi connectivity index (χ4n) is 3.62. The van der Waals surface area contributed by atoms with Crippen molar-refractivity contribution >= 4 is 5.96 Å². The highest BCUT2D eigenvalue weighted by Crippen LogP contribution is 2.22. The molecule has 1 saturated heterocycles. The molecule has 1 atom stereocenters. The van der Waals surface area contributed by atoms with Gasteiger partial charge >= 0.3 is 0 Å². The molecular formula is C23H41N5O. The van der Waals surface area contributed by atoms with Crippen molar-refractivity contribution in [2.24, 2.45) is 10.9 Å². The zero-order valence-electron chi connectivity index (χ0n) is 19.5. The van der Waals surface area contributed by atoms with Gasteiger partial charge in [0.1, 0.15) is 11.4 Å². The molecule has 6 nitrogen and oxygen atoms in total. The second-order valence-electron chi connectivity index (χ2n) is 9.28. The maximum atomic E-state index is 6.11. The van der Waals surface area contributed by atoms with Gasteiger partial charge in [0, 0.05) is 57.9 Å². The summed E-state index contributed by atoms with van der Waals surface area (Å²) in [6.45, 7) is 16.9. The predicted octanol–water partition coefficient (Wildman–Crippen LogP) is 2.80. The number of hydrogen-bond acceptors (Lipinski definition) is 4. The Balaban J connectivity index is 1.92. The van der Waals surface area contributed by atoms with Crippen LogP contribution in [0.15, 0.2) is 29.3 Å². The van der Waals surface area contributed by atoms with Crippen LogP contribution in [0.5, 0.6) is 5.75 Å². The van der Waals surface area contributed by atoms with Crippen LogP contribution in [0.2, 0.25) is 0 Å². The largest absolute Gasteiger partial charge is 0.488 e. The summed E-state index contributed by atoms with van der Waals surface area (Å²) in [5.74, 6) is 2.33. The van der Waals surface area contributed by atoms with E-state index in [4.69, 9.17) is 4.74 Å². The second kappa shape index (κ2) is 10.8. The Labute approximate surface area is 177 Å². The Morgan fingerprint density at radius 3 is 2.34 bits per heavy atom. The average molecular weight is 404 g/mol. The van der Waals surface area contributed by atoms with Gasteiger partial charge < -0.3 is 20.3 Å². The van der Waals surface area contributed by atoms with Crippen molar-refractivity contribution in [3.8, 4) is 5.75 Å². The quantitative estimate of drug-likeness (QED) is 0.542. The summed E-state index contributed by atoms with van der Waals surface area (Å²) in [5, 5.41) is 6.99. The van der Waals surface area contributed by atoms with Gasteiger partial charge in [0.25, 0.3) is 0 Å². The van der Waals surface area contributed by atoms with Gasteiger partial charge in [-0.3, -0.25) is 9.89 Å². The first-order valence-electron chi connectivity index (χ1n) is 10.8. The number of nitrogens with zero attached hydrogens (tertiary/aromatic N) is 3. The number of likely N-dealkylation sites (N-methyl/N-ethyl adjacent to an activating group) is 1. The molecule has 1 unspecified atom stereocenters. The molecule has 0 aliphatic carbocycles. The highest BCUT2D eigenvalue weighted by Gasteiger charge is 2.25. The van der Waals surface area contributed by atoms with E-state index >= 15 is 0 Å². The zero-order valence-corrected chi connectivity index (χ0v) is 19.5. The highest BCUT2D eigenvalue weighted by atomic mass is 16.5. The lowest BCUT2D eigenvalue weighted by Gasteiger charge is -2.40. The van der Waals surface area contributed by atoms with E-state index in [-0.39, 0.29) is 5.60 Å². The topological polar surface area (TPSA) is 52.1 Å². The molecule has 1 aliphatic rings. The second-order valence-corrected chi connectivity index (χ2v) is 9.28. The summed E-state index contributed by atoms with van der Waals surface area (Å²) < 4.78 is 6.11. The van der Waals surface area contributed by atoms with Crippen LogP contribution >= 0.6 is 0 Å². The van der Waals surface area contributed by atoms with E-state index in [1.807, 2.05) is 25.2 Å². The molecule has 0 amide bonds. The zero-order chi connectivity index (χ0) is 21.4. The summed E-state index contributed by atoms with van der Waals surface area (Å²) in [6.07, 6.45) is 0. The molecule has 1 heterocycles. The average Bonchev–Trinajstić information content (AvgIpc) is 2.65. The van der Waals surface area contributed by atoms with E-state index in [0.717, 1.165) is 50.0 Å². The molecule has 2 rings (SSSR count). The molecule has 0 spiro atoms. The van der Waals surface area contributed by atoms with Crippen LogP contribution in [0.3, 0.4) is 0 Å². The lowest BCUT2D eigenvalue weighted by atomic mass is 10.0. The first-order valence-corrected chi connectivity index (χ1v) is 10.8. The Hall–Kier alpha value is -1.79. The fourth-order valence-corrected chi connectivity index (χ4v) is 3.62. The van der Waals surface area contributed by atoms with Gasteiger partial charge in [0.2, 0.25) is 0 Å². The number of piperazine rings is 1. The lowest BCUT2D eigenvalue weighted by molar-refractivity contribution is 0.0900. The molecular weight excluding hydrogens is 362 g/mol. The highest BCUT2D eigenvalue weighted by molar-refractivity contribution is 5.79. The molecule has 164 valence electrons. The smallest absolute Gasteiger partial charge is 0.191 e. The van der Waals surface area contributed by atoms with Crippen molar-refractivity contribution in [1.29, 1.82) is 0 Å². The summed E-state index contributed by atoms with van der Waals surface area (Å²) in [7, 11) is 4.03. The molecule has 0 bridgehead atoms. The maximum absolute atomic E-state index is 6.11. The van der Waals surface area contributed by atoms with Crippen molar-refractivity contribution in [3.63, 3.8) is 0 Å². The summed E-state index contributed by atoms with van der Waals surface area (Å²) in [5.41, 5.74) is 0.910. The normalized spacial score (nSPS) is 18.0. The standard InChI is InChI=1S/C23H41N5O/c1-18(2)20(28-14-12-27(7)13-15-28)17-26-22(24-6)25-16-19-10-8-9-11-21(19)29-23(3,4)5/h8-11,18,20H,12-17H2,1-7H3,(H2,24,25,26). The van der Waals surface area contributed by atoms with Gasteiger partial charge in [0.05, 0.1) is 0 Å². The molecule has 6 heteroatoms. The molecule has 0 saturated carbocycles. The van der Waals surface area contributed by atoms with E-state index in [2.05, 4.69) is 73.2 Å². The van der Waals surface area contributed by atoms with Crippen LogP contribution < -0.4 is 15.4 Å². The monoisotopic (exact) mass is 403 g/mol. The minimum absolute atomic E-state index is 0.219. The van der Waals surface area contributed by atoms with Crippen LogP contribution in [0.1, 0.15) is 40.2 Å².